The van der Waals surface area contributed by atoms with Crippen molar-refractivity contribution in [2.24, 2.45) is 5.92 Å². The predicted octanol–water partition coefficient (Wildman–Crippen LogP) is 1.84. The minimum Gasteiger partial charge on any atom is -0.445 e. The molecule has 0 aliphatic heterocycles. The van der Waals surface area contributed by atoms with Gasteiger partial charge < -0.3 is 4.74 Å². The van der Waals surface area contributed by atoms with Crippen LogP contribution in [0.25, 0.3) is 5.69 Å². The molecule has 1 aromatic carbocycles. The number of esters is 1. The van der Waals surface area contributed by atoms with Crippen molar-refractivity contribution in [1.82, 2.24) is 14.8 Å². The third-order valence-electron chi connectivity index (χ3n) is 3.27. The fourth-order valence-electron chi connectivity index (χ4n) is 1.95. The Morgan fingerprint density at radius 2 is 1.95 bits per heavy atom. The van der Waals surface area contributed by atoms with E-state index in [4.69, 9.17) is 11.2 Å². The van der Waals surface area contributed by atoms with Gasteiger partial charge in [0.05, 0.1) is 5.56 Å². The molecule has 20 heavy (non-hydrogen) atoms. The van der Waals surface area contributed by atoms with Crippen LogP contribution < -0.4 is 0 Å². The molecule has 0 spiro atoms. The average Bonchev–Trinajstić information content (AvgIpc) is 3.18. The Balaban J connectivity index is 1.71. The zero-order valence-electron chi connectivity index (χ0n) is 10.8. The van der Waals surface area contributed by atoms with Crippen LogP contribution in [0.2, 0.25) is 0 Å². The standard InChI is InChI=1S/C15H13N3O2/c1-2-14(11-3-4-11)20-15(19)12-5-7-13(8-6-12)18-9-16-17-10-18/h1,5-11,14H,3-4H2. The number of hydrogen-bond donors (Lipinski definition) is 0. The number of rotatable bonds is 4. The highest BCUT2D eigenvalue weighted by Crippen LogP contribution is 2.34. The lowest BCUT2D eigenvalue weighted by Crippen LogP contribution is -2.18. The molecule has 5 heteroatoms. The van der Waals surface area contributed by atoms with E-state index in [0.717, 1.165) is 18.5 Å². The first-order valence-corrected chi connectivity index (χ1v) is 6.40. The van der Waals surface area contributed by atoms with Crippen LogP contribution in [0, 0.1) is 18.3 Å². The van der Waals surface area contributed by atoms with Crippen molar-refractivity contribution < 1.29 is 9.53 Å². The van der Waals surface area contributed by atoms with Crippen LogP contribution in [-0.2, 0) is 4.74 Å². The lowest BCUT2D eigenvalue weighted by atomic mass is 10.2. The Labute approximate surface area is 116 Å². The van der Waals surface area contributed by atoms with Crippen LogP contribution in [0.15, 0.2) is 36.9 Å². The number of nitrogens with zero attached hydrogens (tertiary/aromatic N) is 3. The number of carbonyl (C=O) groups excluding carboxylic acids is 1. The van der Waals surface area contributed by atoms with E-state index in [9.17, 15) is 4.79 Å². The van der Waals surface area contributed by atoms with Gasteiger partial charge in [-0.25, -0.2) is 4.79 Å². The van der Waals surface area contributed by atoms with Gasteiger partial charge in [-0.3, -0.25) is 4.57 Å². The Morgan fingerprint density at radius 3 is 2.50 bits per heavy atom. The monoisotopic (exact) mass is 267 g/mol. The van der Waals surface area contributed by atoms with Crippen LogP contribution in [-0.4, -0.2) is 26.8 Å². The number of hydrogen-bond acceptors (Lipinski definition) is 4. The molecule has 0 amide bonds. The first-order valence-electron chi connectivity index (χ1n) is 6.40. The molecule has 0 N–H and O–H groups in total. The molecule has 1 fully saturated rings. The minimum absolute atomic E-state index is 0.334. The van der Waals surface area contributed by atoms with E-state index in [1.54, 1.807) is 29.4 Å². The highest BCUT2D eigenvalue weighted by atomic mass is 16.5. The van der Waals surface area contributed by atoms with E-state index >= 15 is 0 Å². The molecule has 0 bridgehead atoms. The van der Waals surface area contributed by atoms with Crippen LogP contribution in [0.5, 0.6) is 0 Å². The van der Waals surface area contributed by atoms with Crippen molar-refractivity contribution >= 4 is 5.97 Å². The summed E-state index contributed by atoms with van der Waals surface area (Å²) in [6.07, 6.45) is 10.2. The molecule has 3 rings (SSSR count). The second-order valence-electron chi connectivity index (χ2n) is 4.75. The number of terminal acetylenes is 1. The zero-order valence-corrected chi connectivity index (χ0v) is 10.8. The molecule has 5 nitrogen and oxygen atoms in total. The maximum absolute atomic E-state index is 12.0. The summed E-state index contributed by atoms with van der Waals surface area (Å²) < 4.78 is 7.09. The summed E-state index contributed by atoms with van der Waals surface area (Å²) in [7, 11) is 0. The maximum atomic E-state index is 12.0. The Bertz CT molecular complexity index is 637. The maximum Gasteiger partial charge on any atom is 0.339 e. The first kappa shape index (κ1) is 12.4. The molecular weight excluding hydrogens is 254 g/mol. The lowest BCUT2D eigenvalue weighted by molar-refractivity contribution is 0.0374. The topological polar surface area (TPSA) is 57.0 Å². The van der Waals surface area contributed by atoms with Crippen LogP contribution >= 0.6 is 0 Å². The van der Waals surface area contributed by atoms with E-state index < -0.39 is 6.10 Å². The van der Waals surface area contributed by atoms with Gasteiger partial charge in [-0.2, -0.15) is 0 Å². The van der Waals surface area contributed by atoms with Crippen LogP contribution in [0.4, 0.5) is 0 Å². The quantitative estimate of drug-likeness (QED) is 0.626. The molecule has 1 aliphatic carbocycles. The van der Waals surface area contributed by atoms with Crippen molar-refractivity contribution in [1.29, 1.82) is 0 Å². The summed E-state index contributed by atoms with van der Waals surface area (Å²) in [6.45, 7) is 0. The van der Waals surface area contributed by atoms with Gasteiger partial charge in [-0.1, -0.05) is 5.92 Å². The highest BCUT2D eigenvalue weighted by molar-refractivity contribution is 5.89. The molecule has 1 aromatic heterocycles. The third kappa shape index (κ3) is 2.54. The Hall–Kier alpha value is -2.61. The van der Waals surface area contributed by atoms with Gasteiger partial charge in [0.2, 0.25) is 0 Å². The van der Waals surface area contributed by atoms with Crippen molar-refractivity contribution in [3.8, 4) is 18.0 Å². The highest BCUT2D eigenvalue weighted by Gasteiger charge is 2.32. The van der Waals surface area contributed by atoms with Gasteiger partial charge >= 0.3 is 5.97 Å². The number of ether oxygens (including phenoxy) is 1. The number of carbonyl (C=O) groups is 1. The summed E-state index contributed by atoms with van der Waals surface area (Å²) in [5, 5.41) is 7.46. The van der Waals surface area contributed by atoms with E-state index in [-0.39, 0.29) is 5.97 Å². The molecule has 1 saturated carbocycles. The van der Waals surface area contributed by atoms with E-state index in [0.29, 0.717) is 11.5 Å². The molecule has 100 valence electrons. The molecular formula is C15H13N3O2. The van der Waals surface area contributed by atoms with Crippen molar-refractivity contribution in [3.05, 3.63) is 42.5 Å². The first-order chi connectivity index (χ1) is 9.78. The van der Waals surface area contributed by atoms with E-state index in [1.807, 2.05) is 12.1 Å². The number of aromatic nitrogens is 3. The van der Waals surface area contributed by atoms with Gasteiger partial charge in [0.1, 0.15) is 12.7 Å². The van der Waals surface area contributed by atoms with Crippen LogP contribution in [0.1, 0.15) is 23.2 Å². The van der Waals surface area contributed by atoms with Crippen LogP contribution in [0.3, 0.4) is 0 Å². The van der Waals surface area contributed by atoms with E-state index in [2.05, 4.69) is 16.1 Å². The molecule has 1 heterocycles. The van der Waals surface area contributed by atoms with Gasteiger partial charge in [0.15, 0.2) is 6.10 Å². The second kappa shape index (κ2) is 5.17. The Morgan fingerprint density at radius 1 is 1.30 bits per heavy atom. The third-order valence-corrected chi connectivity index (χ3v) is 3.27. The summed E-state index contributed by atoms with van der Waals surface area (Å²) in [6, 6.07) is 7.03. The normalized spacial score (nSPS) is 15.3. The molecule has 1 aliphatic rings. The summed E-state index contributed by atoms with van der Waals surface area (Å²) in [5.74, 6) is 2.49. The van der Waals surface area contributed by atoms with Gasteiger partial charge in [0, 0.05) is 11.6 Å². The molecule has 0 radical (unpaired) electrons. The smallest absolute Gasteiger partial charge is 0.339 e. The molecule has 0 saturated heterocycles. The zero-order chi connectivity index (χ0) is 13.9. The fraction of sp³-hybridized carbons (Fsp3) is 0.267. The average molecular weight is 267 g/mol. The molecule has 1 unspecified atom stereocenters. The van der Waals surface area contributed by atoms with Gasteiger partial charge in [-0.15, -0.1) is 16.6 Å². The summed E-state index contributed by atoms with van der Waals surface area (Å²) in [5.41, 5.74) is 1.37. The van der Waals surface area contributed by atoms with Crippen molar-refractivity contribution in [3.63, 3.8) is 0 Å². The fourth-order valence-corrected chi connectivity index (χ4v) is 1.95. The second-order valence-corrected chi connectivity index (χ2v) is 4.75. The van der Waals surface area contributed by atoms with Gasteiger partial charge in [-0.05, 0) is 37.1 Å². The molecule has 2 aromatic rings. The lowest BCUT2D eigenvalue weighted by Gasteiger charge is -2.11. The predicted molar refractivity (Wildman–Crippen MR) is 72.1 cm³/mol. The Kier molecular flexibility index (Phi) is 3.21. The van der Waals surface area contributed by atoms with Gasteiger partial charge in [0.25, 0.3) is 0 Å². The van der Waals surface area contributed by atoms with Crippen molar-refractivity contribution in [2.45, 2.75) is 18.9 Å². The molecule has 1 atom stereocenters. The largest absolute Gasteiger partial charge is 0.445 e. The minimum atomic E-state index is -0.403. The van der Waals surface area contributed by atoms with E-state index in [1.165, 1.54) is 0 Å². The summed E-state index contributed by atoms with van der Waals surface area (Å²) in [4.78, 5) is 12.0. The SMILES string of the molecule is C#CC(OC(=O)c1ccc(-n2cnnc2)cc1)C1CC1. The number of benzene rings is 1. The summed E-state index contributed by atoms with van der Waals surface area (Å²) >= 11 is 0. The van der Waals surface area contributed by atoms with Crippen molar-refractivity contribution in [2.75, 3.05) is 0 Å².